The van der Waals surface area contributed by atoms with Crippen LogP contribution in [0.2, 0.25) is 0 Å². The van der Waals surface area contributed by atoms with Gasteiger partial charge in [0.15, 0.2) is 0 Å². The van der Waals surface area contributed by atoms with E-state index in [0.717, 1.165) is 23.1 Å². The predicted molar refractivity (Wildman–Crippen MR) is 146 cm³/mol. The van der Waals surface area contributed by atoms with Crippen molar-refractivity contribution in [2.45, 2.75) is 66.5 Å². The molecule has 198 valence electrons. The molecule has 0 aliphatic carbocycles. The van der Waals surface area contributed by atoms with Crippen LogP contribution in [0.3, 0.4) is 0 Å². The molecular formula is C28H41N3O4S. The van der Waals surface area contributed by atoms with Crippen LogP contribution in [0.15, 0.2) is 48.5 Å². The quantitative estimate of drug-likeness (QED) is 0.431. The highest BCUT2D eigenvalue weighted by atomic mass is 32.2. The second-order valence-electron chi connectivity index (χ2n) is 9.72. The van der Waals surface area contributed by atoms with Gasteiger partial charge in [0.1, 0.15) is 6.04 Å². The lowest BCUT2D eigenvalue weighted by Gasteiger charge is -2.30. The Bertz CT molecular complexity index is 1110. The van der Waals surface area contributed by atoms with Crippen molar-refractivity contribution in [2.75, 3.05) is 23.7 Å². The zero-order valence-corrected chi connectivity index (χ0v) is 23.3. The van der Waals surface area contributed by atoms with Crippen molar-refractivity contribution in [1.82, 2.24) is 10.2 Å². The van der Waals surface area contributed by atoms with Crippen LogP contribution in [-0.4, -0.2) is 50.5 Å². The highest BCUT2D eigenvalue weighted by Crippen LogP contribution is 2.20. The predicted octanol–water partition coefficient (Wildman–Crippen LogP) is 4.29. The van der Waals surface area contributed by atoms with Crippen molar-refractivity contribution in [3.05, 3.63) is 65.2 Å². The average molecular weight is 516 g/mol. The molecule has 0 radical (unpaired) electrons. The Hall–Kier alpha value is -2.87. The number of hydrogen-bond acceptors (Lipinski definition) is 4. The lowest BCUT2D eigenvalue weighted by molar-refractivity contribution is -0.140. The second kappa shape index (κ2) is 13.4. The summed E-state index contributed by atoms with van der Waals surface area (Å²) in [6, 6.07) is 14.6. The summed E-state index contributed by atoms with van der Waals surface area (Å²) >= 11 is 0. The van der Waals surface area contributed by atoms with Crippen LogP contribution in [0.25, 0.3) is 0 Å². The van der Waals surface area contributed by atoms with E-state index in [4.69, 9.17) is 0 Å². The maximum absolute atomic E-state index is 13.4. The first-order chi connectivity index (χ1) is 16.9. The van der Waals surface area contributed by atoms with Gasteiger partial charge < -0.3 is 10.2 Å². The number of sulfonamides is 1. The van der Waals surface area contributed by atoms with E-state index in [2.05, 4.69) is 5.32 Å². The number of carbonyl (C=O) groups is 2. The molecule has 0 spiro atoms. The summed E-state index contributed by atoms with van der Waals surface area (Å²) < 4.78 is 26.3. The minimum atomic E-state index is -3.51. The highest BCUT2D eigenvalue weighted by Gasteiger charge is 2.27. The van der Waals surface area contributed by atoms with Crippen LogP contribution in [-0.2, 0) is 32.6 Å². The number of benzene rings is 2. The van der Waals surface area contributed by atoms with Crippen molar-refractivity contribution in [1.29, 1.82) is 0 Å². The fourth-order valence-electron chi connectivity index (χ4n) is 3.91. The first-order valence-corrected chi connectivity index (χ1v) is 14.5. The molecule has 0 unspecified atom stereocenters. The minimum absolute atomic E-state index is 0.132. The third kappa shape index (κ3) is 8.66. The number of aryl methyl sites for hydroxylation is 2. The van der Waals surface area contributed by atoms with Gasteiger partial charge in [-0.25, -0.2) is 8.42 Å². The van der Waals surface area contributed by atoms with Crippen molar-refractivity contribution in [2.24, 2.45) is 5.92 Å². The summed E-state index contributed by atoms with van der Waals surface area (Å²) in [6.07, 6.45) is 2.51. The van der Waals surface area contributed by atoms with Crippen LogP contribution < -0.4 is 9.62 Å². The molecule has 0 saturated heterocycles. The third-order valence-electron chi connectivity index (χ3n) is 6.24. The van der Waals surface area contributed by atoms with E-state index in [0.29, 0.717) is 31.1 Å². The smallest absolute Gasteiger partial charge is 0.242 e. The normalized spacial score (nSPS) is 12.3. The standard InChI is InChI=1S/C28H41N3O4S/c1-7-24-14-16-26(17-15-24)31(36(6,34)35)18-10-13-27(32)30(20-25-12-9-8-11-22(25)4)23(5)28(33)29-19-21(2)3/h8-9,11-12,14-17,21,23H,7,10,13,18-20H2,1-6H3,(H,29,33)/t23-/m1/s1. The monoisotopic (exact) mass is 515 g/mol. The Morgan fingerprint density at radius 2 is 1.64 bits per heavy atom. The number of amides is 2. The summed E-state index contributed by atoms with van der Waals surface area (Å²) in [7, 11) is -3.51. The topological polar surface area (TPSA) is 86.8 Å². The second-order valence-corrected chi connectivity index (χ2v) is 11.6. The Balaban J connectivity index is 2.16. The Morgan fingerprint density at radius 1 is 1.00 bits per heavy atom. The maximum atomic E-state index is 13.4. The van der Waals surface area contributed by atoms with E-state index in [1.807, 2.05) is 64.1 Å². The molecule has 0 bridgehead atoms. The van der Waals surface area contributed by atoms with Crippen molar-refractivity contribution < 1.29 is 18.0 Å². The molecule has 2 aromatic rings. The van der Waals surface area contributed by atoms with Crippen molar-refractivity contribution >= 4 is 27.5 Å². The van der Waals surface area contributed by atoms with E-state index in [1.54, 1.807) is 24.0 Å². The Kier molecular flexibility index (Phi) is 11.0. The fourth-order valence-corrected chi connectivity index (χ4v) is 4.87. The summed E-state index contributed by atoms with van der Waals surface area (Å²) in [5, 5.41) is 2.92. The van der Waals surface area contributed by atoms with Gasteiger partial charge in [-0.2, -0.15) is 0 Å². The van der Waals surface area contributed by atoms with E-state index < -0.39 is 16.1 Å². The Labute approximate surface area is 216 Å². The molecule has 0 heterocycles. The SMILES string of the molecule is CCc1ccc(N(CCCC(=O)N(Cc2ccccc2C)[C@H](C)C(=O)NCC(C)C)S(C)(=O)=O)cc1. The molecule has 0 saturated carbocycles. The van der Waals surface area contributed by atoms with Crippen LogP contribution in [0.4, 0.5) is 5.69 Å². The van der Waals surface area contributed by atoms with Gasteiger partial charge in [-0.1, -0.05) is 57.2 Å². The number of nitrogens with zero attached hydrogens (tertiary/aromatic N) is 2. The Morgan fingerprint density at radius 3 is 2.19 bits per heavy atom. The molecule has 7 nitrogen and oxygen atoms in total. The number of hydrogen-bond donors (Lipinski definition) is 1. The fraction of sp³-hybridized carbons (Fsp3) is 0.500. The molecule has 0 aliphatic rings. The summed E-state index contributed by atoms with van der Waals surface area (Å²) in [4.78, 5) is 27.8. The first-order valence-electron chi connectivity index (χ1n) is 12.6. The molecule has 0 fully saturated rings. The van der Waals surface area contributed by atoms with Gasteiger partial charge in [0.25, 0.3) is 0 Å². The third-order valence-corrected chi connectivity index (χ3v) is 7.43. The van der Waals surface area contributed by atoms with Crippen LogP contribution in [0.5, 0.6) is 0 Å². The molecule has 2 amide bonds. The van der Waals surface area contributed by atoms with Crippen LogP contribution in [0, 0.1) is 12.8 Å². The molecule has 36 heavy (non-hydrogen) atoms. The molecule has 0 aromatic heterocycles. The minimum Gasteiger partial charge on any atom is -0.354 e. The van der Waals surface area contributed by atoms with Gasteiger partial charge in [0, 0.05) is 26.1 Å². The number of anilines is 1. The van der Waals surface area contributed by atoms with E-state index in [-0.39, 0.29) is 24.8 Å². The van der Waals surface area contributed by atoms with Gasteiger partial charge in [-0.05, 0) is 61.4 Å². The van der Waals surface area contributed by atoms with E-state index in [1.165, 1.54) is 10.6 Å². The zero-order valence-electron chi connectivity index (χ0n) is 22.5. The molecule has 2 aromatic carbocycles. The van der Waals surface area contributed by atoms with Gasteiger partial charge in [0.2, 0.25) is 21.8 Å². The van der Waals surface area contributed by atoms with E-state index >= 15 is 0 Å². The summed E-state index contributed by atoms with van der Waals surface area (Å²) in [5.41, 5.74) is 3.73. The highest BCUT2D eigenvalue weighted by molar-refractivity contribution is 7.92. The molecular weight excluding hydrogens is 474 g/mol. The van der Waals surface area contributed by atoms with Crippen molar-refractivity contribution in [3.63, 3.8) is 0 Å². The van der Waals surface area contributed by atoms with Gasteiger partial charge in [-0.3, -0.25) is 13.9 Å². The molecule has 0 aliphatic heterocycles. The summed E-state index contributed by atoms with van der Waals surface area (Å²) in [6.45, 7) is 10.8. The lowest BCUT2D eigenvalue weighted by Crippen LogP contribution is -2.48. The average Bonchev–Trinajstić information content (AvgIpc) is 2.83. The number of nitrogens with one attached hydrogen (secondary N) is 1. The van der Waals surface area contributed by atoms with E-state index in [9.17, 15) is 18.0 Å². The zero-order chi connectivity index (χ0) is 26.9. The number of rotatable bonds is 13. The van der Waals surface area contributed by atoms with Crippen molar-refractivity contribution in [3.8, 4) is 0 Å². The van der Waals surface area contributed by atoms with Crippen LogP contribution >= 0.6 is 0 Å². The first kappa shape index (κ1) is 29.4. The van der Waals surface area contributed by atoms with Gasteiger partial charge in [0.05, 0.1) is 11.9 Å². The van der Waals surface area contributed by atoms with Crippen LogP contribution in [0.1, 0.15) is 57.2 Å². The number of carbonyl (C=O) groups excluding carboxylic acids is 2. The maximum Gasteiger partial charge on any atom is 0.242 e. The molecule has 1 N–H and O–H groups in total. The molecule has 2 rings (SSSR count). The molecule has 8 heteroatoms. The van der Waals surface area contributed by atoms with Gasteiger partial charge in [-0.15, -0.1) is 0 Å². The lowest BCUT2D eigenvalue weighted by atomic mass is 10.1. The summed E-state index contributed by atoms with van der Waals surface area (Å²) in [5.74, 6) is -0.0744. The van der Waals surface area contributed by atoms with Gasteiger partial charge >= 0.3 is 0 Å². The molecule has 1 atom stereocenters. The largest absolute Gasteiger partial charge is 0.354 e.